The summed E-state index contributed by atoms with van der Waals surface area (Å²) in [6, 6.07) is 9.95. The lowest BCUT2D eigenvalue weighted by molar-refractivity contribution is 0.263. The van der Waals surface area contributed by atoms with E-state index in [1.807, 2.05) is 10.6 Å². The normalized spacial score (nSPS) is 11.0. The van der Waals surface area contributed by atoms with Gasteiger partial charge in [0.15, 0.2) is 11.2 Å². The summed E-state index contributed by atoms with van der Waals surface area (Å²) in [6.07, 6.45) is 4.69. The first-order valence-electron chi connectivity index (χ1n) is 7.35. The van der Waals surface area contributed by atoms with Crippen LogP contribution in [0.3, 0.4) is 0 Å². The maximum atomic E-state index is 13.0. The number of benzene rings is 1. The predicted molar refractivity (Wildman–Crippen MR) is 83.9 cm³/mol. The second-order valence-corrected chi connectivity index (χ2v) is 5.22. The highest BCUT2D eigenvalue weighted by Gasteiger charge is 2.12. The highest BCUT2D eigenvalue weighted by molar-refractivity contribution is 5.75. The van der Waals surface area contributed by atoms with Crippen molar-refractivity contribution in [1.82, 2.24) is 19.5 Å². The average Bonchev–Trinajstić information content (AvgIpc) is 3.25. The van der Waals surface area contributed by atoms with E-state index in [2.05, 4.69) is 15.0 Å². The molecule has 0 amide bonds. The van der Waals surface area contributed by atoms with Crippen molar-refractivity contribution in [2.75, 3.05) is 0 Å². The molecule has 0 spiro atoms. The second-order valence-electron chi connectivity index (χ2n) is 5.22. The molecule has 0 aliphatic carbocycles. The van der Waals surface area contributed by atoms with Gasteiger partial charge < -0.3 is 13.7 Å². The molecule has 0 atom stereocenters. The molecular formula is C17H13FN4O2. The number of imidazole rings is 1. The van der Waals surface area contributed by atoms with Crippen molar-refractivity contribution in [3.63, 3.8) is 0 Å². The molecule has 0 fully saturated rings. The first-order chi connectivity index (χ1) is 11.8. The molecule has 0 radical (unpaired) electrons. The molecule has 120 valence electrons. The van der Waals surface area contributed by atoms with Crippen LogP contribution in [-0.2, 0) is 13.2 Å². The molecule has 7 heteroatoms. The molecule has 0 saturated carbocycles. The van der Waals surface area contributed by atoms with Crippen LogP contribution in [0.1, 0.15) is 11.3 Å². The highest BCUT2D eigenvalue weighted by atomic mass is 19.1. The molecule has 3 aromatic heterocycles. The lowest BCUT2D eigenvalue weighted by Crippen LogP contribution is -2.01. The molecule has 0 N–H and O–H groups in total. The number of hydrogen-bond acceptors (Lipinski definition) is 5. The van der Waals surface area contributed by atoms with Crippen LogP contribution >= 0.6 is 0 Å². The van der Waals surface area contributed by atoms with Crippen molar-refractivity contribution < 1.29 is 13.5 Å². The van der Waals surface area contributed by atoms with Crippen LogP contribution in [0.2, 0.25) is 0 Å². The van der Waals surface area contributed by atoms with Gasteiger partial charge in [0.2, 0.25) is 5.88 Å². The molecule has 1 aromatic carbocycles. The average molecular weight is 324 g/mol. The number of ether oxygens (including phenoxy) is 1. The van der Waals surface area contributed by atoms with Crippen molar-refractivity contribution in [3.05, 3.63) is 72.5 Å². The number of rotatable bonds is 5. The van der Waals surface area contributed by atoms with Crippen LogP contribution in [0.4, 0.5) is 4.39 Å². The maximum absolute atomic E-state index is 13.0. The molecule has 3 heterocycles. The van der Waals surface area contributed by atoms with E-state index in [0.29, 0.717) is 29.3 Å². The van der Waals surface area contributed by atoms with Crippen molar-refractivity contribution in [1.29, 1.82) is 0 Å². The highest BCUT2D eigenvalue weighted by Crippen LogP contribution is 2.21. The third-order valence-corrected chi connectivity index (χ3v) is 3.57. The van der Waals surface area contributed by atoms with Gasteiger partial charge in [0.1, 0.15) is 24.5 Å². The molecular weight excluding hydrogens is 311 g/mol. The monoisotopic (exact) mass is 324 g/mol. The summed E-state index contributed by atoms with van der Waals surface area (Å²) in [5, 5.41) is 0. The molecule has 0 unspecified atom stereocenters. The Bertz CT molecular complexity index is 949. The second kappa shape index (κ2) is 6.11. The fourth-order valence-electron chi connectivity index (χ4n) is 2.40. The van der Waals surface area contributed by atoms with Crippen LogP contribution in [0.15, 0.2) is 59.7 Å². The van der Waals surface area contributed by atoms with Crippen LogP contribution in [0.25, 0.3) is 11.2 Å². The van der Waals surface area contributed by atoms with E-state index in [1.165, 1.54) is 18.5 Å². The predicted octanol–water partition coefficient (Wildman–Crippen LogP) is 3.19. The van der Waals surface area contributed by atoms with Crippen LogP contribution in [-0.4, -0.2) is 19.5 Å². The number of aromatic nitrogens is 4. The van der Waals surface area contributed by atoms with E-state index in [0.717, 1.165) is 5.56 Å². The topological polar surface area (TPSA) is 66.0 Å². The number of halogens is 1. The van der Waals surface area contributed by atoms with Crippen LogP contribution in [0, 0.1) is 5.82 Å². The minimum Gasteiger partial charge on any atom is -0.468 e. The maximum Gasteiger partial charge on any atom is 0.245 e. The van der Waals surface area contributed by atoms with Crippen molar-refractivity contribution in [2.45, 2.75) is 13.2 Å². The Hall–Kier alpha value is -3.22. The number of fused-ring (bicyclic) bond motifs is 1. The van der Waals surface area contributed by atoms with Gasteiger partial charge in [-0.25, -0.2) is 14.4 Å². The molecule has 4 aromatic rings. The Balaban J connectivity index is 1.59. The molecule has 24 heavy (non-hydrogen) atoms. The van der Waals surface area contributed by atoms with E-state index in [-0.39, 0.29) is 12.4 Å². The van der Waals surface area contributed by atoms with E-state index in [4.69, 9.17) is 9.15 Å². The Morgan fingerprint density at radius 3 is 2.75 bits per heavy atom. The van der Waals surface area contributed by atoms with Crippen LogP contribution in [0.5, 0.6) is 5.88 Å². The summed E-state index contributed by atoms with van der Waals surface area (Å²) in [5.74, 6) is 0.840. The Morgan fingerprint density at radius 1 is 1.08 bits per heavy atom. The van der Waals surface area contributed by atoms with Gasteiger partial charge in [-0.05, 0) is 29.8 Å². The van der Waals surface area contributed by atoms with E-state index < -0.39 is 0 Å². The van der Waals surface area contributed by atoms with E-state index in [9.17, 15) is 4.39 Å². The fourth-order valence-corrected chi connectivity index (χ4v) is 2.40. The summed E-state index contributed by atoms with van der Waals surface area (Å²) in [6.45, 7) is 0.801. The SMILES string of the molecule is Fc1ccc(Cn2cnc3c(OCc4ccco4)ncnc32)cc1. The van der Waals surface area contributed by atoms with Crippen LogP contribution < -0.4 is 4.74 Å². The van der Waals surface area contributed by atoms with Crippen molar-refractivity contribution in [3.8, 4) is 5.88 Å². The van der Waals surface area contributed by atoms with Gasteiger partial charge in [-0.2, -0.15) is 4.98 Å². The van der Waals surface area contributed by atoms with Gasteiger partial charge in [0.25, 0.3) is 0 Å². The first-order valence-corrected chi connectivity index (χ1v) is 7.35. The quantitative estimate of drug-likeness (QED) is 0.564. The van der Waals surface area contributed by atoms with E-state index >= 15 is 0 Å². The molecule has 0 bridgehead atoms. The Kier molecular flexibility index (Phi) is 3.66. The Labute approximate surface area is 136 Å². The lowest BCUT2D eigenvalue weighted by Gasteiger charge is -2.05. The minimum atomic E-state index is -0.259. The number of nitrogens with zero attached hydrogens (tertiary/aromatic N) is 4. The van der Waals surface area contributed by atoms with E-state index in [1.54, 1.807) is 30.8 Å². The summed E-state index contributed by atoms with van der Waals surface area (Å²) in [5.41, 5.74) is 2.18. The molecule has 6 nitrogen and oxygen atoms in total. The summed E-state index contributed by atoms with van der Waals surface area (Å²) >= 11 is 0. The minimum absolute atomic E-state index is 0.259. The van der Waals surface area contributed by atoms with Crippen molar-refractivity contribution >= 4 is 11.2 Å². The first kappa shape index (κ1) is 14.4. The third kappa shape index (κ3) is 2.83. The molecule has 0 saturated heterocycles. The lowest BCUT2D eigenvalue weighted by atomic mass is 10.2. The fraction of sp³-hybridized carbons (Fsp3) is 0.118. The molecule has 0 aliphatic rings. The smallest absolute Gasteiger partial charge is 0.245 e. The van der Waals surface area contributed by atoms with Gasteiger partial charge >= 0.3 is 0 Å². The van der Waals surface area contributed by atoms with Gasteiger partial charge in [0, 0.05) is 0 Å². The number of hydrogen-bond donors (Lipinski definition) is 0. The standard InChI is InChI=1S/C17H13FN4O2/c18-13-5-3-12(4-6-13)8-22-11-21-15-16(22)19-10-20-17(15)24-9-14-2-1-7-23-14/h1-7,10-11H,8-9H2. The zero-order valence-corrected chi connectivity index (χ0v) is 12.6. The largest absolute Gasteiger partial charge is 0.468 e. The molecule has 4 rings (SSSR count). The summed E-state index contributed by atoms with van der Waals surface area (Å²) in [7, 11) is 0. The number of furan rings is 1. The van der Waals surface area contributed by atoms with Gasteiger partial charge in [-0.1, -0.05) is 12.1 Å². The zero-order valence-electron chi connectivity index (χ0n) is 12.6. The van der Waals surface area contributed by atoms with Gasteiger partial charge in [0.05, 0.1) is 19.1 Å². The zero-order chi connectivity index (χ0) is 16.4. The Morgan fingerprint density at radius 2 is 1.96 bits per heavy atom. The summed E-state index contributed by atoms with van der Waals surface area (Å²) < 4.78 is 25.8. The third-order valence-electron chi connectivity index (χ3n) is 3.57. The molecule has 0 aliphatic heterocycles. The van der Waals surface area contributed by atoms with Crippen molar-refractivity contribution in [2.24, 2.45) is 0 Å². The summed E-state index contributed by atoms with van der Waals surface area (Å²) in [4.78, 5) is 12.8. The van der Waals surface area contributed by atoms with Gasteiger partial charge in [-0.3, -0.25) is 0 Å². The van der Waals surface area contributed by atoms with Gasteiger partial charge in [-0.15, -0.1) is 0 Å².